The van der Waals surface area contributed by atoms with Gasteiger partial charge in [-0.25, -0.2) is 9.37 Å². The first-order valence-electron chi connectivity index (χ1n) is 6.48. The number of nitriles is 1. The summed E-state index contributed by atoms with van der Waals surface area (Å²) in [6.45, 7) is 1.86. The molecule has 1 aliphatic carbocycles. The maximum Gasteiger partial charge on any atom is 0.148 e. The second-order valence-corrected chi connectivity index (χ2v) is 4.90. The van der Waals surface area contributed by atoms with Crippen LogP contribution in [0.4, 0.5) is 15.9 Å². The van der Waals surface area contributed by atoms with Crippen LogP contribution < -0.4 is 5.32 Å². The highest BCUT2D eigenvalue weighted by Crippen LogP contribution is 2.41. The van der Waals surface area contributed by atoms with E-state index in [4.69, 9.17) is 5.26 Å². The molecular weight excluding hydrogens is 255 g/mol. The van der Waals surface area contributed by atoms with E-state index < -0.39 is 5.82 Å². The summed E-state index contributed by atoms with van der Waals surface area (Å²) < 4.78 is 13.9. The van der Waals surface area contributed by atoms with E-state index in [0.717, 1.165) is 24.2 Å². The predicted octanol–water partition coefficient (Wildman–Crippen LogP) is 3.42. The van der Waals surface area contributed by atoms with E-state index in [9.17, 15) is 4.39 Å². The highest BCUT2D eigenvalue weighted by atomic mass is 19.1. The lowest BCUT2D eigenvalue weighted by atomic mass is 10.2. The lowest BCUT2D eigenvalue weighted by Crippen LogP contribution is -2.04. The predicted molar refractivity (Wildman–Crippen MR) is 73.1 cm³/mol. The summed E-state index contributed by atoms with van der Waals surface area (Å²) in [4.78, 5) is 8.48. The van der Waals surface area contributed by atoms with Crippen LogP contribution in [0.3, 0.4) is 0 Å². The molecule has 4 nitrogen and oxygen atoms in total. The van der Waals surface area contributed by atoms with Gasteiger partial charge >= 0.3 is 0 Å². The van der Waals surface area contributed by atoms with Crippen LogP contribution in [0.1, 0.15) is 35.7 Å². The Labute approximate surface area is 116 Å². The Bertz CT molecular complexity index is 702. The van der Waals surface area contributed by atoms with Gasteiger partial charge in [-0.2, -0.15) is 5.26 Å². The topological polar surface area (TPSA) is 61.6 Å². The van der Waals surface area contributed by atoms with Crippen molar-refractivity contribution >= 4 is 11.5 Å². The number of anilines is 2. The number of pyridine rings is 2. The van der Waals surface area contributed by atoms with Crippen LogP contribution in [-0.2, 0) is 0 Å². The first-order chi connectivity index (χ1) is 9.69. The van der Waals surface area contributed by atoms with E-state index in [-0.39, 0.29) is 11.5 Å². The Balaban J connectivity index is 2.02. The number of nitrogens with zero attached hydrogens (tertiary/aromatic N) is 3. The average Bonchev–Trinajstić information content (AvgIpc) is 3.27. The van der Waals surface area contributed by atoms with Crippen molar-refractivity contribution in [2.45, 2.75) is 25.7 Å². The second kappa shape index (κ2) is 4.89. The van der Waals surface area contributed by atoms with Gasteiger partial charge < -0.3 is 5.32 Å². The maximum absolute atomic E-state index is 13.9. The Morgan fingerprint density at radius 2 is 2.25 bits per heavy atom. The molecule has 1 fully saturated rings. The monoisotopic (exact) mass is 268 g/mol. The fraction of sp³-hybridized carbons (Fsp3) is 0.267. The van der Waals surface area contributed by atoms with E-state index in [1.807, 2.05) is 19.1 Å². The van der Waals surface area contributed by atoms with Crippen molar-refractivity contribution < 1.29 is 4.39 Å². The van der Waals surface area contributed by atoms with Crippen LogP contribution in [0.25, 0.3) is 0 Å². The lowest BCUT2D eigenvalue weighted by molar-refractivity contribution is 0.600. The van der Waals surface area contributed by atoms with Crippen molar-refractivity contribution in [1.82, 2.24) is 9.97 Å². The van der Waals surface area contributed by atoms with Gasteiger partial charge in [0, 0.05) is 12.1 Å². The number of nitrogens with one attached hydrogen (secondary N) is 1. The minimum atomic E-state index is -0.391. The number of hydrogen-bond donors (Lipinski definition) is 1. The third-order valence-electron chi connectivity index (χ3n) is 3.35. The second-order valence-electron chi connectivity index (χ2n) is 4.90. The van der Waals surface area contributed by atoms with E-state index in [0.29, 0.717) is 11.5 Å². The summed E-state index contributed by atoms with van der Waals surface area (Å²) in [7, 11) is 0. The van der Waals surface area contributed by atoms with Crippen LogP contribution in [0, 0.1) is 24.1 Å². The number of halogens is 1. The molecule has 3 rings (SSSR count). The van der Waals surface area contributed by atoms with Gasteiger partial charge in [-0.1, -0.05) is 0 Å². The molecule has 0 amide bonds. The lowest BCUT2D eigenvalue weighted by Gasteiger charge is -2.11. The Morgan fingerprint density at radius 1 is 1.45 bits per heavy atom. The van der Waals surface area contributed by atoms with Crippen LogP contribution in [-0.4, -0.2) is 9.97 Å². The fourth-order valence-electron chi connectivity index (χ4n) is 2.07. The molecule has 2 heterocycles. The van der Waals surface area contributed by atoms with Gasteiger partial charge in [-0.3, -0.25) is 4.98 Å². The summed E-state index contributed by atoms with van der Waals surface area (Å²) in [6.07, 6.45) is 3.61. The first kappa shape index (κ1) is 12.5. The molecule has 0 saturated heterocycles. The number of rotatable bonds is 3. The molecule has 1 aliphatic rings. The minimum absolute atomic E-state index is 0.193. The van der Waals surface area contributed by atoms with Crippen LogP contribution in [0.2, 0.25) is 0 Å². The quantitative estimate of drug-likeness (QED) is 0.926. The van der Waals surface area contributed by atoms with Crippen molar-refractivity contribution in [2.75, 3.05) is 5.32 Å². The van der Waals surface area contributed by atoms with Gasteiger partial charge in [0.1, 0.15) is 17.7 Å². The van der Waals surface area contributed by atoms with E-state index in [2.05, 4.69) is 15.3 Å². The minimum Gasteiger partial charge on any atom is -0.338 e. The SMILES string of the molecule is Cc1ncccc1Nc1nc(C2CC2)c(F)cc1C#N. The Morgan fingerprint density at radius 3 is 2.90 bits per heavy atom. The molecule has 100 valence electrons. The van der Waals surface area contributed by atoms with Crippen molar-refractivity contribution in [3.05, 3.63) is 47.2 Å². The largest absolute Gasteiger partial charge is 0.338 e. The molecule has 0 aliphatic heterocycles. The van der Waals surface area contributed by atoms with Crippen molar-refractivity contribution in [2.24, 2.45) is 0 Å². The summed E-state index contributed by atoms with van der Waals surface area (Å²) >= 11 is 0. The Kier molecular flexibility index (Phi) is 3.07. The van der Waals surface area contributed by atoms with E-state index in [1.54, 1.807) is 12.3 Å². The van der Waals surface area contributed by atoms with Gasteiger partial charge in [0.2, 0.25) is 0 Å². The molecule has 2 aromatic rings. The summed E-state index contributed by atoms with van der Waals surface area (Å²) in [5, 5.41) is 12.2. The highest BCUT2D eigenvalue weighted by molar-refractivity contribution is 5.64. The Hall–Kier alpha value is -2.48. The van der Waals surface area contributed by atoms with Gasteiger partial charge in [-0.15, -0.1) is 0 Å². The van der Waals surface area contributed by atoms with Gasteiger partial charge in [0.15, 0.2) is 0 Å². The van der Waals surface area contributed by atoms with Crippen molar-refractivity contribution in [3.63, 3.8) is 0 Å². The van der Waals surface area contributed by atoms with Gasteiger partial charge in [-0.05, 0) is 38.0 Å². The molecule has 20 heavy (non-hydrogen) atoms. The van der Waals surface area contributed by atoms with Gasteiger partial charge in [0.05, 0.1) is 22.6 Å². The molecule has 1 N–H and O–H groups in total. The zero-order chi connectivity index (χ0) is 14.1. The number of aromatic nitrogens is 2. The van der Waals surface area contributed by atoms with Crippen LogP contribution in [0.15, 0.2) is 24.4 Å². The molecule has 0 aromatic carbocycles. The van der Waals surface area contributed by atoms with Crippen LogP contribution in [0.5, 0.6) is 0 Å². The molecule has 1 saturated carbocycles. The van der Waals surface area contributed by atoms with E-state index in [1.165, 1.54) is 6.07 Å². The standard InChI is InChI=1S/C15H13FN4/c1-9-13(3-2-6-18-9)19-15-11(8-17)7-12(16)14(20-15)10-4-5-10/h2-3,6-7,10H,4-5H2,1H3,(H,19,20). The van der Waals surface area contributed by atoms with Gasteiger partial charge in [0.25, 0.3) is 0 Å². The number of aryl methyl sites for hydroxylation is 1. The third kappa shape index (κ3) is 2.32. The summed E-state index contributed by atoms with van der Waals surface area (Å²) in [5.74, 6) is 0.197. The highest BCUT2D eigenvalue weighted by Gasteiger charge is 2.29. The molecule has 0 radical (unpaired) electrons. The summed E-state index contributed by atoms with van der Waals surface area (Å²) in [6, 6.07) is 6.89. The fourth-order valence-corrected chi connectivity index (χ4v) is 2.07. The van der Waals surface area contributed by atoms with Crippen molar-refractivity contribution in [1.29, 1.82) is 5.26 Å². The van der Waals surface area contributed by atoms with Crippen LogP contribution >= 0.6 is 0 Å². The first-order valence-corrected chi connectivity index (χ1v) is 6.48. The average molecular weight is 268 g/mol. The van der Waals surface area contributed by atoms with Crippen molar-refractivity contribution in [3.8, 4) is 6.07 Å². The normalized spacial score (nSPS) is 13.8. The molecule has 0 atom stereocenters. The molecule has 5 heteroatoms. The molecule has 0 bridgehead atoms. The molecule has 0 spiro atoms. The zero-order valence-electron chi connectivity index (χ0n) is 11.0. The zero-order valence-corrected chi connectivity index (χ0v) is 11.0. The smallest absolute Gasteiger partial charge is 0.148 e. The number of hydrogen-bond acceptors (Lipinski definition) is 4. The molecule has 0 unspecified atom stereocenters. The summed E-state index contributed by atoms with van der Waals surface area (Å²) in [5.41, 5.74) is 2.23. The van der Waals surface area contributed by atoms with E-state index >= 15 is 0 Å². The molecular formula is C15H13FN4. The maximum atomic E-state index is 13.9. The molecule has 2 aromatic heterocycles. The third-order valence-corrected chi connectivity index (χ3v) is 3.35.